The summed E-state index contributed by atoms with van der Waals surface area (Å²) in [6.07, 6.45) is 6.66. The van der Waals surface area contributed by atoms with Crippen LogP contribution in [0.25, 0.3) is 0 Å². The minimum Gasteiger partial charge on any atom is -0.465 e. The van der Waals surface area contributed by atoms with Crippen LogP contribution in [-0.2, 0) is 9.53 Å². The van der Waals surface area contributed by atoms with Crippen molar-refractivity contribution in [2.24, 2.45) is 0 Å². The molecule has 1 aliphatic rings. The second-order valence-corrected chi connectivity index (χ2v) is 2.30. The van der Waals surface area contributed by atoms with Crippen LogP contribution in [0.3, 0.4) is 0 Å². The number of hydrogen-bond acceptors (Lipinski definition) is 2. The van der Waals surface area contributed by atoms with E-state index >= 15 is 0 Å². The van der Waals surface area contributed by atoms with Gasteiger partial charge in [-0.05, 0) is 32.1 Å². The standard InChI is InChI=1S/C7H11O2/c8-6-9-7-4-2-1-3-5-7/h1,6-7H,2-5H2. The fourth-order valence-electron chi connectivity index (χ4n) is 1.11. The van der Waals surface area contributed by atoms with Gasteiger partial charge >= 0.3 is 0 Å². The maximum Gasteiger partial charge on any atom is 0.293 e. The molecule has 1 fully saturated rings. The topological polar surface area (TPSA) is 26.3 Å². The van der Waals surface area contributed by atoms with Crippen molar-refractivity contribution in [1.29, 1.82) is 0 Å². The average Bonchev–Trinajstić information content (AvgIpc) is 1.91. The third-order valence-electron chi connectivity index (χ3n) is 1.63. The van der Waals surface area contributed by atoms with E-state index in [1.165, 1.54) is 0 Å². The number of ether oxygens (including phenoxy) is 1. The molecule has 1 radical (unpaired) electrons. The summed E-state index contributed by atoms with van der Waals surface area (Å²) in [4.78, 5) is 9.84. The molecule has 0 heterocycles. The molecule has 0 atom stereocenters. The fraction of sp³-hybridized carbons (Fsp3) is 0.714. The Labute approximate surface area is 55.2 Å². The van der Waals surface area contributed by atoms with Crippen molar-refractivity contribution in [3.05, 3.63) is 6.42 Å². The van der Waals surface area contributed by atoms with Gasteiger partial charge in [0, 0.05) is 0 Å². The lowest BCUT2D eigenvalue weighted by Gasteiger charge is -2.18. The smallest absolute Gasteiger partial charge is 0.293 e. The van der Waals surface area contributed by atoms with E-state index in [9.17, 15) is 4.79 Å². The summed E-state index contributed by atoms with van der Waals surface area (Å²) in [5.74, 6) is 0. The van der Waals surface area contributed by atoms with E-state index in [1.807, 2.05) is 0 Å². The Kier molecular flexibility index (Phi) is 2.55. The van der Waals surface area contributed by atoms with Crippen LogP contribution in [-0.4, -0.2) is 12.6 Å². The first-order valence-corrected chi connectivity index (χ1v) is 3.34. The van der Waals surface area contributed by atoms with Crippen molar-refractivity contribution in [3.63, 3.8) is 0 Å². The van der Waals surface area contributed by atoms with Gasteiger partial charge in [0.05, 0.1) is 0 Å². The highest BCUT2D eigenvalue weighted by molar-refractivity contribution is 5.37. The number of carbonyl (C=O) groups excluding carboxylic acids is 1. The second-order valence-electron chi connectivity index (χ2n) is 2.30. The predicted molar refractivity (Wildman–Crippen MR) is 33.7 cm³/mol. The van der Waals surface area contributed by atoms with Crippen LogP contribution in [0, 0.1) is 6.42 Å². The Morgan fingerprint density at radius 3 is 2.67 bits per heavy atom. The molecule has 1 rings (SSSR count). The van der Waals surface area contributed by atoms with Gasteiger partial charge in [-0.3, -0.25) is 4.79 Å². The SMILES string of the molecule is O=COC1CC[CH]CC1. The van der Waals surface area contributed by atoms with E-state index in [-0.39, 0.29) is 6.10 Å². The quantitative estimate of drug-likeness (QED) is 0.523. The van der Waals surface area contributed by atoms with Crippen LogP contribution < -0.4 is 0 Å². The van der Waals surface area contributed by atoms with Gasteiger partial charge in [0.15, 0.2) is 0 Å². The maximum atomic E-state index is 9.84. The number of carbonyl (C=O) groups is 1. The van der Waals surface area contributed by atoms with Gasteiger partial charge in [0.1, 0.15) is 6.10 Å². The summed E-state index contributed by atoms with van der Waals surface area (Å²) in [6.45, 7) is 0.552. The van der Waals surface area contributed by atoms with Crippen molar-refractivity contribution >= 4 is 6.47 Å². The Morgan fingerprint density at radius 2 is 2.11 bits per heavy atom. The van der Waals surface area contributed by atoms with Gasteiger partial charge in [-0.25, -0.2) is 0 Å². The van der Waals surface area contributed by atoms with Crippen LogP contribution in [0.5, 0.6) is 0 Å². The van der Waals surface area contributed by atoms with E-state index in [0.29, 0.717) is 6.47 Å². The summed E-state index contributed by atoms with van der Waals surface area (Å²) >= 11 is 0. The molecule has 0 N–H and O–H groups in total. The molecule has 0 bridgehead atoms. The lowest BCUT2D eigenvalue weighted by atomic mass is 9.98. The fourth-order valence-corrected chi connectivity index (χ4v) is 1.11. The average molecular weight is 127 g/mol. The van der Waals surface area contributed by atoms with Crippen LogP contribution in [0.2, 0.25) is 0 Å². The monoisotopic (exact) mass is 127 g/mol. The molecule has 1 saturated carbocycles. The molecule has 0 saturated heterocycles. The Hall–Kier alpha value is -0.530. The summed E-state index contributed by atoms with van der Waals surface area (Å²) in [5, 5.41) is 0. The van der Waals surface area contributed by atoms with Gasteiger partial charge in [0.2, 0.25) is 0 Å². The zero-order valence-corrected chi connectivity index (χ0v) is 5.38. The lowest BCUT2D eigenvalue weighted by Crippen LogP contribution is -2.15. The van der Waals surface area contributed by atoms with Crippen molar-refractivity contribution in [1.82, 2.24) is 0 Å². The van der Waals surface area contributed by atoms with Gasteiger partial charge in [-0.15, -0.1) is 0 Å². The molecule has 0 aromatic carbocycles. The molecule has 0 amide bonds. The van der Waals surface area contributed by atoms with Crippen molar-refractivity contribution in [2.75, 3.05) is 0 Å². The third kappa shape index (κ3) is 2.04. The highest BCUT2D eigenvalue weighted by Gasteiger charge is 2.12. The van der Waals surface area contributed by atoms with Gasteiger partial charge < -0.3 is 4.74 Å². The third-order valence-corrected chi connectivity index (χ3v) is 1.63. The second kappa shape index (κ2) is 3.49. The summed E-state index contributed by atoms with van der Waals surface area (Å²) in [5.41, 5.74) is 0. The molecule has 9 heavy (non-hydrogen) atoms. The molecule has 0 spiro atoms. The first kappa shape index (κ1) is 6.59. The van der Waals surface area contributed by atoms with E-state index in [1.54, 1.807) is 0 Å². The van der Waals surface area contributed by atoms with Crippen molar-refractivity contribution < 1.29 is 9.53 Å². The van der Waals surface area contributed by atoms with E-state index in [4.69, 9.17) is 4.74 Å². The molecule has 0 aromatic heterocycles. The molecule has 0 aromatic rings. The summed E-state index contributed by atoms with van der Waals surface area (Å²) in [6, 6.07) is 0. The van der Waals surface area contributed by atoms with Gasteiger partial charge in [0.25, 0.3) is 6.47 Å². The van der Waals surface area contributed by atoms with Crippen LogP contribution in [0.15, 0.2) is 0 Å². The largest absolute Gasteiger partial charge is 0.465 e. The number of hydrogen-bond donors (Lipinski definition) is 0. The Bertz CT molecular complexity index is 84.9. The van der Waals surface area contributed by atoms with E-state index in [0.717, 1.165) is 25.7 Å². The zero-order chi connectivity index (χ0) is 6.53. The minimum atomic E-state index is 0.201. The zero-order valence-electron chi connectivity index (χ0n) is 5.38. The van der Waals surface area contributed by atoms with Gasteiger partial charge in [-0.2, -0.15) is 0 Å². The van der Waals surface area contributed by atoms with Crippen LogP contribution >= 0.6 is 0 Å². The van der Waals surface area contributed by atoms with Crippen molar-refractivity contribution in [2.45, 2.75) is 31.8 Å². The van der Waals surface area contributed by atoms with Crippen LogP contribution in [0.1, 0.15) is 25.7 Å². The first-order chi connectivity index (χ1) is 4.43. The summed E-state index contributed by atoms with van der Waals surface area (Å²) in [7, 11) is 0. The Morgan fingerprint density at radius 1 is 1.44 bits per heavy atom. The molecule has 2 nitrogen and oxygen atoms in total. The van der Waals surface area contributed by atoms with Gasteiger partial charge in [-0.1, -0.05) is 0 Å². The molecular formula is C7H11O2. The highest BCUT2D eigenvalue weighted by atomic mass is 16.5. The summed E-state index contributed by atoms with van der Waals surface area (Å²) < 4.78 is 4.78. The molecule has 2 heteroatoms. The lowest BCUT2D eigenvalue weighted by molar-refractivity contribution is -0.134. The molecule has 51 valence electrons. The first-order valence-electron chi connectivity index (χ1n) is 3.34. The number of rotatable bonds is 2. The molecule has 0 unspecified atom stereocenters. The van der Waals surface area contributed by atoms with E-state index in [2.05, 4.69) is 6.42 Å². The highest BCUT2D eigenvalue weighted by Crippen LogP contribution is 2.18. The van der Waals surface area contributed by atoms with E-state index < -0.39 is 0 Å². The van der Waals surface area contributed by atoms with Crippen LogP contribution in [0.4, 0.5) is 0 Å². The molecule has 0 aliphatic heterocycles. The normalized spacial score (nSPS) is 21.3. The molecular weight excluding hydrogens is 116 g/mol. The minimum absolute atomic E-state index is 0.201. The Balaban J connectivity index is 2.15. The van der Waals surface area contributed by atoms with Crippen molar-refractivity contribution in [3.8, 4) is 0 Å². The predicted octanol–water partition coefficient (Wildman–Crippen LogP) is 1.31. The maximum absolute atomic E-state index is 9.84. The molecule has 1 aliphatic carbocycles.